The van der Waals surface area contributed by atoms with Gasteiger partial charge < -0.3 is 9.29 Å². The molecular formula is C16H10N2O4S. The van der Waals surface area contributed by atoms with E-state index in [0.29, 0.717) is 5.39 Å². The zero-order valence-corrected chi connectivity index (χ0v) is 12.5. The van der Waals surface area contributed by atoms with Crippen molar-refractivity contribution in [3.8, 4) is 11.5 Å². The fourth-order valence-corrected chi connectivity index (χ4v) is 3.10. The van der Waals surface area contributed by atoms with Crippen LogP contribution in [-0.4, -0.2) is 8.42 Å². The Morgan fingerprint density at radius 2 is 1.70 bits per heavy atom. The zero-order valence-electron chi connectivity index (χ0n) is 11.7. The third-order valence-electron chi connectivity index (χ3n) is 3.27. The Hall–Kier alpha value is -3.11. The van der Waals surface area contributed by atoms with Crippen molar-refractivity contribution in [3.05, 3.63) is 65.6 Å². The molecule has 3 aromatic carbocycles. The van der Waals surface area contributed by atoms with E-state index in [1.807, 2.05) is 0 Å². The van der Waals surface area contributed by atoms with Gasteiger partial charge in [0.25, 0.3) is 0 Å². The maximum Gasteiger partial charge on any atom is 0.378 e. The smallest absolute Gasteiger partial charge is 0.378 e. The van der Waals surface area contributed by atoms with Gasteiger partial charge in [-0.3, -0.25) is 0 Å². The van der Waals surface area contributed by atoms with Gasteiger partial charge in [-0.25, -0.2) is 0 Å². The summed E-state index contributed by atoms with van der Waals surface area (Å²) in [5, 5.41) is 21.6. The molecule has 0 aliphatic rings. The largest absolute Gasteiger partial charge is 0.867 e. The van der Waals surface area contributed by atoms with Crippen LogP contribution in [-0.2, 0) is 10.1 Å². The van der Waals surface area contributed by atoms with Crippen LogP contribution in [0, 0.1) is 5.39 Å². The first-order chi connectivity index (χ1) is 11.0. The number of rotatable bonds is 3. The average Bonchev–Trinajstić information content (AvgIpc) is 2.55. The fourth-order valence-electron chi connectivity index (χ4n) is 2.14. The molecule has 0 heterocycles. The summed E-state index contributed by atoms with van der Waals surface area (Å²) < 4.78 is 29.7. The summed E-state index contributed by atoms with van der Waals surface area (Å²) in [4.78, 5) is 2.73. The van der Waals surface area contributed by atoms with Gasteiger partial charge in [-0.15, -0.1) is 0 Å². The predicted octanol–water partition coefficient (Wildman–Crippen LogP) is 3.17. The molecule has 0 amide bonds. The Morgan fingerprint density at radius 3 is 2.39 bits per heavy atom. The van der Waals surface area contributed by atoms with E-state index in [1.165, 1.54) is 36.4 Å². The molecule has 0 saturated heterocycles. The van der Waals surface area contributed by atoms with Gasteiger partial charge in [-0.05, 0) is 46.9 Å². The Labute approximate surface area is 132 Å². The van der Waals surface area contributed by atoms with E-state index in [0.717, 1.165) is 0 Å². The van der Waals surface area contributed by atoms with E-state index < -0.39 is 15.9 Å². The molecule has 0 atom stereocenters. The summed E-state index contributed by atoms with van der Waals surface area (Å²) in [7, 11) is -4.07. The number of fused-ring (bicyclic) bond motifs is 1. The first-order valence-corrected chi connectivity index (χ1v) is 8.00. The lowest BCUT2D eigenvalue weighted by atomic mass is 10.1. The lowest BCUT2D eigenvalue weighted by Gasteiger charge is -2.10. The molecular weight excluding hydrogens is 316 g/mol. The molecule has 23 heavy (non-hydrogen) atoms. The summed E-state index contributed by atoms with van der Waals surface area (Å²) in [6.07, 6.45) is 0. The third kappa shape index (κ3) is 2.80. The topological polar surface area (TPSA) is 94.6 Å². The number of para-hydroxylation sites is 1. The highest BCUT2D eigenvalue weighted by Gasteiger charge is 2.18. The molecule has 0 fully saturated rings. The maximum absolute atomic E-state index is 12.3. The van der Waals surface area contributed by atoms with Crippen molar-refractivity contribution < 1.29 is 17.7 Å². The van der Waals surface area contributed by atoms with E-state index in [-0.39, 0.29) is 21.7 Å². The van der Waals surface area contributed by atoms with E-state index in [2.05, 4.69) is 4.98 Å². The maximum atomic E-state index is 12.3. The molecule has 0 bridgehead atoms. The molecule has 0 unspecified atom stereocenters. The Kier molecular flexibility index (Phi) is 3.60. The van der Waals surface area contributed by atoms with Gasteiger partial charge in [-0.2, -0.15) is 8.42 Å². The van der Waals surface area contributed by atoms with E-state index >= 15 is 0 Å². The van der Waals surface area contributed by atoms with Crippen molar-refractivity contribution in [2.75, 3.05) is 0 Å². The second-order valence-corrected chi connectivity index (χ2v) is 6.29. The molecule has 0 radical (unpaired) electrons. The van der Waals surface area contributed by atoms with Gasteiger partial charge in [-0.1, -0.05) is 24.3 Å². The number of nitrogens with zero attached hydrogens (tertiary/aromatic N) is 2. The minimum atomic E-state index is -4.07. The van der Waals surface area contributed by atoms with Crippen LogP contribution in [0.3, 0.4) is 0 Å². The minimum Gasteiger partial charge on any atom is -0.867 e. The minimum absolute atomic E-state index is 0.137. The molecule has 0 aromatic heterocycles. The molecule has 114 valence electrons. The van der Waals surface area contributed by atoms with Crippen molar-refractivity contribution in [3.63, 3.8) is 0 Å². The quantitative estimate of drug-likeness (QED) is 0.544. The Bertz CT molecular complexity index is 1030. The number of benzene rings is 3. The summed E-state index contributed by atoms with van der Waals surface area (Å²) in [5.41, 5.74) is -0.156. The van der Waals surface area contributed by atoms with Gasteiger partial charge in [0.1, 0.15) is 10.6 Å². The van der Waals surface area contributed by atoms with Crippen LogP contribution in [0.2, 0.25) is 0 Å². The summed E-state index contributed by atoms with van der Waals surface area (Å²) in [5.74, 6) is -0.379. The Morgan fingerprint density at radius 1 is 1.00 bits per heavy atom. The number of hydrogen-bond donors (Lipinski definition) is 0. The molecule has 0 saturated carbocycles. The molecule has 0 N–H and O–H groups in total. The van der Waals surface area contributed by atoms with E-state index in [9.17, 15) is 13.5 Å². The first-order valence-electron chi connectivity index (χ1n) is 6.60. The van der Waals surface area contributed by atoms with Crippen LogP contribution >= 0.6 is 0 Å². The normalized spacial score (nSPS) is 11.1. The van der Waals surface area contributed by atoms with Crippen molar-refractivity contribution in [1.29, 1.82) is 5.39 Å². The second kappa shape index (κ2) is 5.59. The standard InChI is InChI=1S/C16H10N2O4S/c17-18-15-9-7-11-6-8-13(10-14(11)16(15)19)23(20,21)22-12-4-2-1-3-5-12/h1-10H. The van der Waals surface area contributed by atoms with Gasteiger partial charge in [0.2, 0.25) is 5.39 Å². The van der Waals surface area contributed by atoms with Crippen LogP contribution in [0.5, 0.6) is 11.5 Å². The zero-order chi connectivity index (χ0) is 16.4. The summed E-state index contributed by atoms with van der Waals surface area (Å²) in [6.45, 7) is 0. The van der Waals surface area contributed by atoms with Crippen LogP contribution < -0.4 is 9.29 Å². The molecule has 3 rings (SSSR count). The molecule has 7 heteroatoms. The lowest BCUT2D eigenvalue weighted by molar-refractivity contribution is -0.264. The van der Waals surface area contributed by atoms with Crippen LogP contribution in [0.15, 0.2) is 65.6 Å². The van der Waals surface area contributed by atoms with Crippen molar-refractivity contribution in [1.82, 2.24) is 0 Å². The number of diazo groups is 1. The van der Waals surface area contributed by atoms with E-state index in [1.54, 1.807) is 24.3 Å². The molecule has 0 aliphatic carbocycles. The SMILES string of the molecule is N#[N+]c1ccc2ccc(S(=O)(=O)Oc3ccccc3)cc2c1[O-]. The Balaban J connectivity index is 2.09. The van der Waals surface area contributed by atoms with Crippen LogP contribution in [0.25, 0.3) is 15.7 Å². The third-order valence-corrected chi connectivity index (χ3v) is 4.51. The molecule has 6 nitrogen and oxygen atoms in total. The monoisotopic (exact) mass is 326 g/mol. The van der Waals surface area contributed by atoms with Crippen LogP contribution in [0.1, 0.15) is 0 Å². The van der Waals surface area contributed by atoms with Gasteiger partial charge >= 0.3 is 15.8 Å². The second-order valence-electron chi connectivity index (χ2n) is 4.75. The fraction of sp³-hybridized carbons (Fsp3) is 0. The highest BCUT2D eigenvalue weighted by Crippen LogP contribution is 2.34. The first kappa shape index (κ1) is 14.8. The highest BCUT2D eigenvalue weighted by molar-refractivity contribution is 7.87. The highest BCUT2D eigenvalue weighted by atomic mass is 32.2. The number of hydrogen-bond acceptors (Lipinski definition) is 5. The summed E-state index contributed by atoms with van der Waals surface area (Å²) in [6, 6.07) is 15.1. The molecule has 0 aliphatic heterocycles. The van der Waals surface area contributed by atoms with Gasteiger partial charge in [0.05, 0.1) is 0 Å². The van der Waals surface area contributed by atoms with Crippen molar-refractivity contribution in [2.24, 2.45) is 0 Å². The average molecular weight is 326 g/mol. The lowest BCUT2D eigenvalue weighted by Crippen LogP contribution is -2.09. The van der Waals surface area contributed by atoms with Gasteiger partial charge in [0.15, 0.2) is 4.98 Å². The van der Waals surface area contributed by atoms with Crippen LogP contribution in [0.4, 0.5) is 5.69 Å². The van der Waals surface area contributed by atoms with Crippen molar-refractivity contribution in [2.45, 2.75) is 4.90 Å². The van der Waals surface area contributed by atoms with Crippen molar-refractivity contribution >= 4 is 26.6 Å². The molecule has 3 aromatic rings. The summed E-state index contributed by atoms with van der Waals surface area (Å²) >= 11 is 0. The van der Waals surface area contributed by atoms with E-state index in [4.69, 9.17) is 9.58 Å². The van der Waals surface area contributed by atoms with Gasteiger partial charge in [0, 0.05) is 6.07 Å². The molecule has 0 spiro atoms. The predicted molar refractivity (Wildman–Crippen MR) is 82.4 cm³/mol.